The highest BCUT2D eigenvalue weighted by molar-refractivity contribution is 7.91. The maximum atomic E-state index is 12.9. The fraction of sp³-hybridized carbons (Fsp3) is 0.381. The number of carbonyl (C=O) groups excluding carboxylic acids is 1. The third-order valence-electron chi connectivity index (χ3n) is 5.37. The van der Waals surface area contributed by atoms with Crippen molar-refractivity contribution in [3.63, 3.8) is 0 Å². The zero-order valence-electron chi connectivity index (χ0n) is 16.8. The van der Waals surface area contributed by atoms with Crippen LogP contribution in [-0.4, -0.2) is 45.9 Å². The number of carbonyl (C=O) groups is 1. The van der Waals surface area contributed by atoms with Crippen LogP contribution in [0.5, 0.6) is 5.75 Å². The molecule has 0 bridgehead atoms. The van der Waals surface area contributed by atoms with Crippen molar-refractivity contribution in [3.8, 4) is 5.75 Å². The average Bonchev–Trinajstić information content (AvgIpc) is 2.77. The lowest BCUT2D eigenvalue weighted by Gasteiger charge is -2.33. The SMILES string of the molecule is CCc1cc(C(=O)N2CCCC(COc3cccc4c3C(N)=N[S+]([O-])N4)C2)ccn1. The number of pyridine rings is 1. The van der Waals surface area contributed by atoms with Gasteiger partial charge in [-0.2, -0.15) is 4.72 Å². The minimum absolute atomic E-state index is 0.0388. The normalized spacial score (nSPS) is 20.7. The molecule has 3 heterocycles. The molecule has 2 unspecified atom stereocenters. The van der Waals surface area contributed by atoms with Gasteiger partial charge in [0.2, 0.25) is 11.5 Å². The molecule has 4 rings (SSSR count). The van der Waals surface area contributed by atoms with Crippen molar-refractivity contribution in [2.24, 2.45) is 16.0 Å². The first-order valence-corrected chi connectivity index (χ1v) is 11.2. The van der Waals surface area contributed by atoms with Gasteiger partial charge in [0.1, 0.15) is 5.75 Å². The van der Waals surface area contributed by atoms with Gasteiger partial charge in [0.05, 0.1) is 17.9 Å². The smallest absolute Gasteiger partial charge is 0.253 e. The molecule has 158 valence electrons. The summed E-state index contributed by atoms with van der Waals surface area (Å²) in [4.78, 5) is 19.1. The number of aryl methyl sites for hydroxylation is 1. The fourth-order valence-electron chi connectivity index (χ4n) is 3.83. The van der Waals surface area contributed by atoms with Gasteiger partial charge >= 0.3 is 0 Å². The second-order valence-corrected chi connectivity index (χ2v) is 8.35. The number of nitrogens with zero attached hydrogens (tertiary/aromatic N) is 3. The Morgan fingerprint density at radius 1 is 1.43 bits per heavy atom. The summed E-state index contributed by atoms with van der Waals surface area (Å²) >= 11 is -1.57. The van der Waals surface area contributed by atoms with Crippen LogP contribution in [0.1, 0.15) is 41.4 Å². The Morgan fingerprint density at radius 3 is 3.13 bits per heavy atom. The summed E-state index contributed by atoms with van der Waals surface area (Å²) < 4.78 is 24.4. The van der Waals surface area contributed by atoms with Crippen molar-refractivity contribution >= 4 is 29.0 Å². The molecule has 1 saturated heterocycles. The molecule has 2 aromatic rings. The third kappa shape index (κ3) is 4.36. The van der Waals surface area contributed by atoms with Crippen molar-refractivity contribution in [2.45, 2.75) is 26.2 Å². The number of hydrogen-bond donors (Lipinski definition) is 2. The van der Waals surface area contributed by atoms with Crippen LogP contribution in [0.3, 0.4) is 0 Å². The molecular weight excluding hydrogens is 402 g/mol. The van der Waals surface area contributed by atoms with Crippen LogP contribution in [0.4, 0.5) is 5.69 Å². The van der Waals surface area contributed by atoms with E-state index in [2.05, 4.69) is 14.1 Å². The molecule has 1 aromatic carbocycles. The van der Waals surface area contributed by atoms with Crippen molar-refractivity contribution in [3.05, 3.63) is 53.3 Å². The Balaban J connectivity index is 1.42. The Kier molecular flexibility index (Phi) is 6.10. The van der Waals surface area contributed by atoms with E-state index in [-0.39, 0.29) is 17.7 Å². The Morgan fingerprint density at radius 2 is 2.30 bits per heavy atom. The number of ether oxygens (including phenoxy) is 1. The van der Waals surface area contributed by atoms with E-state index in [1.165, 1.54) is 0 Å². The Labute approximate surface area is 179 Å². The first-order valence-electron chi connectivity index (χ1n) is 10.1. The number of nitrogens with two attached hydrogens (primary N) is 1. The van der Waals surface area contributed by atoms with Crippen molar-refractivity contribution in [1.29, 1.82) is 0 Å². The molecular formula is C21H25N5O3S. The molecule has 3 N–H and O–H groups in total. The van der Waals surface area contributed by atoms with Gasteiger partial charge in [-0.1, -0.05) is 13.0 Å². The number of piperidine rings is 1. The monoisotopic (exact) mass is 427 g/mol. The lowest BCUT2D eigenvalue weighted by atomic mass is 9.98. The second kappa shape index (κ2) is 8.93. The number of anilines is 1. The summed E-state index contributed by atoms with van der Waals surface area (Å²) in [5, 5.41) is 0. The van der Waals surface area contributed by atoms with E-state index >= 15 is 0 Å². The molecule has 0 radical (unpaired) electrons. The van der Waals surface area contributed by atoms with Gasteiger partial charge < -0.3 is 19.9 Å². The van der Waals surface area contributed by atoms with Gasteiger partial charge in [0, 0.05) is 36.5 Å². The zero-order valence-corrected chi connectivity index (χ0v) is 17.7. The minimum atomic E-state index is -1.57. The molecule has 1 fully saturated rings. The van der Waals surface area contributed by atoms with E-state index < -0.39 is 11.5 Å². The van der Waals surface area contributed by atoms with Gasteiger partial charge in [-0.15, -0.1) is 0 Å². The molecule has 2 atom stereocenters. The van der Waals surface area contributed by atoms with Crippen LogP contribution in [0.25, 0.3) is 0 Å². The highest BCUT2D eigenvalue weighted by atomic mass is 32.2. The summed E-state index contributed by atoms with van der Waals surface area (Å²) in [5.41, 5.74) is 8.85. The van der Waals surface area contributed by atoms with Crippen molar-refractivity contribution in [2.75, 3.05) is 24.4 Å². The van der Waals surface area contributed by atoms with E-state index in [9.17, 15) is 9.35 Å². The predicted molar refractivity (Wildman–Crippen MR) is 117 cm³/mol. The Bertz CT molecular complexity index is 967. The number of likely N-dealkylation sites (tertiary alicyclic amines) is 1. The van der Waals surface area contributed by atoms with Crippen LogP contribution >= 0.6 is 0 Å². The molecule has 0 saturated carbocycles. The van der Waals surface area contributed by atoms with E-state index in [0.717, 1.165) is 31.5 Å². The highest BCUT2D eigenvalue weighted by Crippen LogP contribution is 2.31. The maximum absolute atomic E-state index is 12.9. The number of nitrogens with one attached hydrogen (secondary N) is 1. The summed E-state index contributed by atoms with van der Waals surface area (Å²) in [6.07, 6.45) is 4.42. The number of aromatic nitrogens is 1. The molecule has 0 spiro atoms. The van der Waals surface area contributed by atoms with E-state index in [0.29, 0.717) is 35.7 Å². The highest BCUT2D eigenvalue weighted by Gasteiger charge is 2.27. The van der Waals surface area contributed by atoms with Crippen LogP contribution < -0.4 is 15.2 Å². The molecule has 2 aliphatic heterocycles. The lowest BCUT2D eigenvalue weighted by Crippen LogP contribution is -2.41. The molecule has 1 amide bonds. The number of amides is 1. The van der Waals surface area contributed by atoms with Gasteiger partial charge in [-0.25, -0.2) is 0 Å². The number of benzene rings is 1. The first kappa shape index (κ1) is 20.5. The summed E-state index contributed by atoms with van der Waals surface area (Å²) in [6.45, 7) is 3.88. The summed E-state index contributed by atoms with van der Waals surface area (Å²) in [7, 11) is 0. The van der Waals surface area contributed by atoms with Gasteiger partial charge in [-0.3, -0.25) is 9.78 Å². The molecule has 30 heavy (non-hydrogen) atoms. The predicted octanol–water partition coefficient (Wildman–Crippen LogP) is 2.28. The molecule has 0 aliphatic carbocycles. The third-order valence-corrected chi connectivity index (χ3v) is 6.12. The number of rotatable bonds is 5. The number of amidine groups is 1. The zero-order chi connectivity index (χ0) is 21.1. The van der Waals surface area contributed by atoms with Gasteiger partial charge in [0.25, 0.3) is 5.91 Å². The lowest BCUT2D eigenvalue weighted by molar-refractivity contribution is 0.0633. The molecule has 9 heteroatoms. The Hall–Kier alpha value is -2.78. The van der Waals surface area contributed by atoms with Gasteiger partial charge in [0.15, 0.2) is 5.84 Å². The summed E-state index contributed by atoms with van der Waals surface area (Å²) in [6, 6.07) is 9.09. The van der Waals surface area contributed by atoms with Crippen LogP contribution in [0.2, 0.25) is 0 Å². The number of fused-ring (bicyclic) bond motifs is 1. The maximum Gasteiger partial charge on any atom is 0.253 e. The minimum Gasteiger partial charge on any atom is -0.566 e. The molecule has 8 nitrogen and oxygen atoms in total. The van der Waals surface area contributed by atoms with Gasteiger partial charge in [-0.05, 0) is 47.9 Å². The molecule has 2 aliphatic rings. The quantitative estimate of drug-likeness (QED) is 0.707. The second-order valence-electron chi connectivity index (χ2n) is 7.47. The first-order chi connectivity index (χ1) is 14.5. The van der Waals surface area contributed by atoms with Crippen LogP contribution in [0.15, 0.2) is 40.9 Å². The number of hydrogen-bond acceptors (Lipinski definition) is 7. The van der Waals surface area contributed by atoms with Crippen molar-refractivity contribution in [1.82, 2.24) is 9.88 Å². The standard InChI is InChI=1S/C21H25N5O3S/c1-2-16-11-15(8-9-23-16)21(27)26-10-4-5-14(12-26)13-29-18-7-3-6-17-19(18)20(22)25-30(28)24-17/h3,6-9,11,14,24H,2,4-5,10,12-13H2,1H3,(H2,22,25). The molecule has 1 aromatic heterocycles. The summed E-state index contributed by atoms with van der Waals surface area (Å²) in [5.74, 6) is 1.05. The van der Waals surface area contributed by atoms with Crippen LogP contribution in [-0.2, 0) is 18.0 Å². The van der Waals surface area contributed by atoms with E-state index in [1.54, 1.807) is 18.3 Å². The van der Waals surface area contributed by atoms with E-state index in [4.69, 9.17) is 10.5 Å². The van der Waals surface area contributed by atoms with E-state index in [1.807, 2.05) is 30.0 Å². The topological polar surface area (TPSA) is 116 Å². The fourth-order valence-corrected chi connectivity index (χ4v) is 4.51. The average molecular weight is 428 g/mol. The largest absolute Gasteiger partial charge is 0.566 e. The van der Waals surface area contributed by atoms with Crippen molar-refractivity contribution < 1.29 is 14.1 Å². The van der Waals surface area contributed by atoms with Crippen LogP contribution in [0, 0.1) is 5.92 Å².